The zero-order valence-corrected chi connectivity index (χ0v) is 12.7. The standard InChI is InChI=1S/C14H18ClFN2O3/c1-9(2)18(6-5-14(20)21)8-13(19)17-10-3-4-12(16)11(15)7-10/h3-4,7,9H,5-6,8H2,1-2H3,(H,17,19)(H,20,21). The van der Waals surface area contributed by atoms with E-state index in [1.54, 1.807) is 4.90 Å². The Balaban J connectivity index is 2.60. The van der Waals surface area contributed by atoms with Gasteiger partial charge in [-0.05, 0) is 32.0 Å². The first-order valence-electron chi connectivity index (χ1n) is 6.50. The van der Waals surface area contributed by atoms with E-state index in [2.05, 4.69) is 5.32 Å². The minimum absolute atomic E-state index is 0.0339. The second kappa shape index (κ2) is 7.95. The zero-order chi connectivity index (χ0) is 16.0. The van der Waals surface area contributed by atoms with Crippen LogP contribution in [0.4, 0.5) is 10.1 Å². The second-order valence-corrected chi connectivity index (χ2v) is 5.29. The number of halogens is 2. The minimum atomic E-state index is -0.911. The number of carboxylic acids is 1. The molecule has 0 aliphatic heterocycles. The fraction of sp³-hybridized carbons (Fsp3) is 0.429. The van der Waals surface area contributed by atoms with Gasteiger partial charge in [0.25, 0.3) is 0 Å². The van der Waals surface area contributed by atoms with Crippen LogP contribution in [0.25, 0.3) is 0 Å². The lowest BCUT2D eigenvalue weighted by atomic mass is 10.2. The summed E-state index contributed by atoms with van der Waals surface area (Å²) in [6.45, 7) is 4.10. The zero-order valence-electron chi connectivity index (χ0n) is 11.9. The summed E-state index contributed by atoms with van der Waals surface area (Å²) < 4.78 is 13.0. The van der Waals surface area contributed by atoms with Gasteiger partial charge in [0.05, 0.1) is 18.0 Å². The summed E-state index contributed by atoms with van der Waals surface area (Å²) in [5, 5.41) is 11.2. The van der Waals surface area contributed by atoms with Crippen molar-refractivity contribution in [2.75, 3.05) is 18.4 Å². The molecule has 21 heavy (non-hydrogen) atoms. The summed E-state index contributed by atoms with van der Waals surface area (Å²) in [7, 11) is 0. The Bertz CT molecular complexity index is 523. The molecule has 1 rings (SSSR count). The van der Waals surface area contributed by atoms with E-state index in [1.807, 2.05) is 13.8 Å². The van der Waals surface area contributed by atoms with E-state index in [4.69, 9.17) is 16.7 Å². The van der Waals surface area contributed by atoms with E-state index in [-0.39, 0.29) is 36.5 Å². The molecule has 1 aromatic carbocycles. The van der Waals surface area contributed by atoms with Crippen LogP contribution >= 0.6 is 11.6 Å². The molecule has 0 unspecified atom stereocenters. The molecule has 0 atom stereocenters. The number of benzene rings is 1. The third-order valence-corrected chi connectivity index (χ3v) is 3.18. The molecule has 0 aliphatic rings. The molecule has 5 nitrogen and oxygen atoms in total. The topological polar surface area (TPSA) is 69.6 Å². The summed E-state index contributed by atoms with van der Waals surface area (Å²) in [4.78, 5) is 24.3. The fourth-order valence-electron chi connectivity index (χ4n) is 1.72. The van der Waals surface area contributed by atoms with Gasteiger partial charge in [-0.25, -0.2) is 4.39 Å². The summed E-state index contributed by atoms with van der Waals surface area (Å²) in [5.41, 5.74) is 0.397. The van der Waals surface area contributed by atoms with Crippen LogP contribution in [0.1, 0.15) is 20.3 Å². The van der Waals surface area contributed by atoms with Crippen LogP contribution in [0.2, 0.25) is 5.02 Å². The van der Waals surface area contributed by atoms with Crippen LogP contribution in [-0.4, -0.2) is 41.0 Å². The van der Waals surface area contributed by atoms with E-state index in [0.717, 1.165) is 0 Å². The summed E-state index contributed by atoms with van der Waals surface area (Å²) in [5.74, 6) is -1.77. The molecule has 0 fully saturated rings. The van der Waals surface area contributed by atoms with E-state index in [9.17, 15) is 14.0 Å². The van der Waals surface area contributed by atoms with Crippen LogP contribution in [0.5, 0.6) is 0 Å². The molecule has 0 aliphatic carbocycles. The normalized spacial score (nSPS) is 11.0. The minimum Gasteiger partial charge on any atom is -0.481 e. The molecule has 0 heterocycles. The van der Waals surface area contributed by atoms with Crippen molar-refractivity contribution < 1.29 is 19.1 Å². The van der Waals surface area contributed by atoms with Crippen LogP contribution in [0.15, 0.2) is 18.2 Å². The number of rotatable bonds is 7. The maximum Gasteiger partial charge on any atom is 0.304 e. The van der Waals surface area contributed by atoms with Gasteiger partial charge in [-0.1, -0.05) is 11.6 Å². The molecule has 0 saturated heterocycles. The van der Waals surface area contributed by atoms with Gasteiger partial charge in [0.15, 0.2) is 0 Å². The molecule has 2 N–H and O–H groups in total. The Morgan fingerprint density at radius 2 is 2.10 bits per heavy atom. The third-order valence-electron chi connectivity index (χ3n) is 2.89. The molecule has 116 valence electrons. The van der Waals surface area contributed by atoms with Crippen molar-refractivity contribution in [3.63, 3.8) is 0 Å². The average molecular weight is 317 g/mol. The molecule has 7 heteroatoms. The number of nitrogens with zero attached hydrogens (tertiary/aromatic N) is 1. The first kappa shape index (κ1) is 17.4. The predicted octanol–water partition coefficient (Wildman–Crippen LogP) is 2.60. The van der Waals surface area contributed by atoms with Gasteiger partial charge in [0, 0.05) is 18.3 Å². The second-order valence-electron chi connectivity index (χ2n) is 4.89. The first-order valence-corrected chi connectivity index (χ1v) is 6.88. The van der Waals surface area contributed by atoms with Crippen molar-refractivity contribution in [3.8, 4) is 0 Å². The molecule has 0 radical (unpaired) electrons. The van der Waals surface area contributed by atoms with E-state index in [1.165, 1.54) is 18.2 Å². The number of anilines is 1. The number of carboxylic acid groups (broad SMARTS) is 1. The third kappa shape index (κ3) is 6.10. The summed E-state index contributed by atoms with van der Waals surface area (Å²) in [6.07, 6.45) is -0.0339. The lowest BCUT2D eigenvalue weighted by Gasteiger charge is -2.25. The Labute approximate surface area is 127 Å². The van der Waals surface area contributed by atoms with Gasteiger partial charge in [0.2, 0.25) is 5.91 Å². The Morgan fingerprint density at radius 3 is 2.62 bits per heavy atom. The van der Waals surface area contributed by atoms with Crippen molar-refractivity contribution in [2.45, 2.75) is 26.3 Å². The lowest BCUT2D eigenvalue weighted by Crippen LogP contribution is -2.39. The Morgan fingerprint density at radius 1 is 1.43 bits per heavy atom. The fourth-order valence-corrected chi connectivity index (χ4v) is 1.90. The molecule has 0 spiro atoms. The average Bonchev–Trinajstić information content (AvgIpc) is 2.38. The van der Waals surface area contributed by atoms with Gasteiger partial charge in [-0.3, -0.25) is 14.5 Å². The van der Waals surface area contributed by atoms with Crippen molar-refractivity contribution in [3.05, 3.63) is 29.0 Å². The number of carbonyl (C=O) groups is 2. The number of carbonyl (C=O) groups excluding carboxylic acids is 1. The number of hydrogen-bond donors (Lipinski definition) is 2. The van der Waals surface area contributed by atoms with Gasteiger partial charge < -0.3 is 10.4 Å². The largest absolute Gasteiger partial charge is 0.481 e. The Kier molecular flexibility index (Phi) is 6.58. The highest BCUT2D eigenvalue weighted by atomic mass is 35.5. The smallest absolute Gasteiger partial charge is 0.304 e. The maximum atomic E-state index is 13.0. The molecule has 1 amide bonds. The molecular weight excluding hydrogens is 299 g/mol. The summed E-state index contributed by atoms with van der Waals surface area (Å²) in [6, 6.07) is 3.94. The number of nitrogens with one attached hydrogen (secondary N) is 1. The van der Waals surface area contributed by atoms with Crippen molar-refractivity contribution in [1.82, 2.24) is 4.90 Å². The SMILES string of the molecule is CC(C)N(CCC(=O)O)CC(=O)Nc1ccc(F)c(Cl)c1. The molecule has 0 bridgehead atoms. The lowest BCUT2D eigenvalue weighted by molar-refractivity contribution is -0.137. The van der Waals surface area contributed by atoms with Crippen molar-refractivity contribution >= 4 is 29.2 Å². The monoisotopic (exact) mass is 316 g/mol. The van der Waals surface area contributed by atoms with Gasteiger partial charge in [0.1, 0.15) is 5.82 Å². The number of amides is 1. The maximum absolute atomic E-state index is 13.0. The van der Waals surface area contributed by atoms with Crippen LogP contribution in [0, 0.1) is 5.82 Å². The molecular formula is C14H18ClFN2O3. The van der Waals surface area contributed by atoms with Crippen LogP contribution < -0.4 is 5.32 Å². The van der Waals surface area contributed by atoms with E-state index in [0.29, 0.717) is 5.69 Å². The van der Waals surface area contributed by atoms with Gasteiger partial charge >= 0.3 is 5.97 Å². The van der Waals surface area contributed by atoms with Crippen LogP contribution in [0.3, 0.4) is 0 Å². The van der Waals surface area contributed by atoms with Crippen LogP contribution in [-0.2, 0) is 9.59 Å². The summed E-state index contributed by atoms with van der Waals surface area (Å²) >= 11 is 5.64. The highest BCUT2D eigenvalue weighted by Gasteiger charge is 2.15. The number of hydrogen-bond acceptors (Lipinski definition) is 3. The first-order chi connectivity index (χ1) is 9.79. The van der Waals surface area contributed by atoms with Gasteiger partial charge in [-0.2, -0.15) is 0 Å². The molecule has 0 saturated carbocycles. The Hall–Kier alpha value is -1.66. The highest BCUT2D eigenvalue weighted by Crippen LogP contribution is 2.19. The molecule has 1 aromatic rings. The van der Waals surface area contributed by atoms with Gasteiger partial charge in [-0.15, -0.1) is 0 Å². The van der Waals surface area contributed by atoms with Crippen molar-refractivity contribution in [1.29, 1.82) is 0 Å². The van der Waals surface area contributed by atoms with E-state index >= 15 is 0 Å². The highest BCUT2D eigenvalue weighted by molar-refractivity contribution is 6.31. The quantitative estimate of drug-likeness (QED) is 0.811. The number of aliphatic carboxylic acids is 1. The van der Waals surface area contributed by atoms with Crippen molar-refractivity contribution in [2.24, 2.45) is 0 Å². The predicted molar refractivity (Wildman–Crippen MR) is 79.0 cm³/mol. The molecule has 0 aromatic heterocycles. The van der Waals surface area contributed by atoms with E-state index < -0.39 is 11.8 Å².